The molecule has 1 aromatic heterocycles. The van der Waals surface area contributed by atoms with Gasteiger partial charge in [-0.15, -0.1) is 0 Å². The van der Waals surface area contributed by atoms with Gasteiger partial charge in [0.15, 0.2) is 5.78 Å². The first kappa shape index (κ1) is 13.8. The maximum Gasteiger partial charge on any atom is 0.167 e. The fraction of sp³-hybridized carbons (Fsp3) is 0.571. The first-order chi connectivity index (χ1) is 8.08. The molecule has 1 aromatic rings. The Bertz CT molecular complexity index is 357. The van der Waals surface area contributed by atoms with Crippen LogP contribution in [-0.4, -0.2) is 24.0 Å². The molecule has 1 unspecified atom stereocenters. The van der Waals surface area contributed by atoms with E-state index in [0.717, 1.165) is 12.1 Å². The SMILES string of the molecule is CCc1ccc(CC(=O)C(OC)C(C)C)nc1. The zero-order chi connectivity index (χ0) is 12.8. The van der Waals surface area contributed by atoms with E-state index in [1.54, 1.807) is 7.11 Å². The molecule has 0 bridgehead atoms. The molecule has 0 aliphatic carbocycles. The summed E-state index contributed by atoms with van der Waals surface area (Å²) in [5.41, 5.74) is 2.00. The number of aryl methyl sites for hydroxylation is 1. The Labute approximate surface area is 103 Å². The van der Waals surface area contributed by atoms with Gasteiger partial charge in [-0.3, -0.25) is 9.78 Å². The van der Waals surface area contributed by atoms with Crippen LogP contribution in [0, 0.1) is 5.92 Å². The predicted molar refractivity (Wildman–Crippen MR) is 68.0 cm³/mol. The zero-order valence-corrected chi connectivity index (χ0v) is 11.1. The zero-order valence-electron chi connectivity index (χ0n) is 11.1. The lowest BCUT2D eigenvalue weighted by Crippen LogP contribution is -2.30. The summed E-state index contributed by atoms with van der Waals surface area (Å²) in [6.07, 6.45) is 2.82. The molecule has 0 saturated heterocycles. The molecule has 0 aromatic carbocycles. The number of hydrogen-bond acceptors (Lipinski definition) is 3. The molecule has 3 heteroatoms. The molecule has 0 radical (unpaired) electrons. The number of rotatable bonds is 6. The van der Waals surface area contributed by atoms with E-state index < -0.39 is 0 Å². The van der Waals surface area contributed by atoms with Crippen LogP contribution >= 0.6 is 0 Å². The van der Waals surface area contributed by atoms with Crippen LogP contribution in [0.4, 0.5) is 0 Å². The number of nitrogens with zero attached hydrogens (tertiary/aromatic N) is 1. The van der Waals surface area contributed by atoms with Crippen LogP contribution in [-0.2, 0) is 22.4 Å². The van der Waals surface area contributed by atoms with Crippen molar-refractivity contribution in [1.82, 2.24) is 4.98 Å². The van der Waals surface area contributed by atoms with Gasteiger partial charge in [-0.05, 0) is 24.0 Å². The smallest absolute Gasteiger partial charge is 0.167 e. The molecular formula is C14H21NO2. The Kier molecular flexibility index (Phi) is 5.29. The first-order valence-corrected chi connectivity index (χ1v) is 6.07. The van der Waals surface area contributed by atoms with Crippen molar-refractivity contribution >= 4 is 5.78 Å². The van der Waals surface area contributed by atoms with Crippen molar-refractivity contribution in [2.75, 3.05) is 7.11 Å². The van der Waals surface area contributed by atoms with Gasteiger partial charge in [0.25, 0.3) is 0 Å². The number of ketones is 1. The second-order valence-corrected chi connectivity index (χ2v) is 4.55. The minimum Gasteiger partial charge on any atom is -0.373 e. The van der Waals surface area contributed by atoms with Gasteiger partial charge in [0.05, 0.1) is 6.42 Å². The van der Waals surface area contributed by atoms with E-state index >= 15 is 0 Å². The molecule has 0 aliphatic heterocycles. The van der Waals surface area contributed by atoms with Crippen LogP contribution < -0.4 is 0 Å². The molecule has 3 nitrogen and oxygen atoms in total. The molecule has 0 amide bonds. The van der Waals surface area contributed by atoms with Crippen molar-refractivity contribution < 1.29 is 9.53 Å². The third-order valence-corrected chi connectivity index (χ3v) is 2.83. The van der Waals surface area contributed by atoms with E-state index in [-0.39, 0.29) is 17.8 Å². The average Bonchev–Trinajstić information content (AvgIpc) is 2.30. The number of pyridine rings is 1. The highest BCUT2D eigenvalue weighted by Crippen LogP contribution is 2.10. The fourth-order valence-electron chi connectivity index (χ4n) is 1.82. The van der Waals surface area contributed by atoms with E-state index in [1.807, 2.05) is 32.2 Å². The van der Waals surface area contributed by atoms with Crippen LogP contribution in [0.5, 0.6) is 0 Å². The topological polar surface area (TPSA) is 39.2 Å². The number of Topliss-reactive ketones (excluding diaryl/α,β-unsaturated/α-hetero) is 1. The number of hydrogen-bond donors (Lipinski definition) is 0. The Morgan fingerprint density at radius 3 is 2.53 bits per heavy atom. The van der Waals surface area contributed by atoms with Gasteiger partial charge in [-0.25, -0.2) is 0 Å². The summed E-state index contributed by atoms with van der Waals surface area (Å²) in [4.78, 5) is 16.3. The van der Waals surface area contributed by atoms with Crippen LogP contribution in [0.2, 0.25) is 0 Å². The van der Waals surface area contributed by atoms with Crippen LogP contribution in [0.15, 0.2) is 18.3 Å². The second-order valence-electron chi connectivity index (χ2n) is 4.55. The van der Waals surface area contributed by atoms with Crippen molar-refractivity contribution in [1.29, 1.82) is 0 Å². The van der Waals surface area contributed by atoms with Gasteiger partial charge in [0.2, 0.25) is 0 Å². The van der Waals surface area contributed by atoms with Crippen molar-refractivity contribution in [3.05, 3.63) is 29.6 Å². The third-order valence-electron chi connectivity index (χ3n) is 2.83. The summed E-state index contributed by atoms with van der Waals surface area (Å²) < 4.78 is 5.21. The summed E-state index contributed by atoms with van der Waals surface area (Å²) in [5, 5.41) is 0. The summed E-state index contributed by atoms with van der Waals surface area (Å²) in [6, 6.07) is 3.94. The van der Waals surface area contributed by atoms with Crippen molar-refractivity contribution in [2.24, 2.45) is 5.92 Å². The summed E-state index contributed by atoms with van der Waals surface area (Å²) in [7, 11) is 1.58. The van der Waals surface area contributed by atoms with E-state index in [4.69, 9.17) is 4.74 Å². The molecule has 0 fully saturated rings. The van der Waals surface area contributed by atoms with Gasteiger partial charge in [-0.2, -0.15) is 0 Å². The summed E-state index contributed by atoms with van der Waals surface area (Å²) in [6.45, 7) is 6.06. The monoisotopic (exact) mass is 235 g/mol. The number of methoxy groups -OCH3 is 1. The summed E-state index contributed by atoms with van der Waals surface area (Å²) in [5.74, 6) is 0.293. The Balaban J connectivity index is 2.66. The van der Waals surface area contributed by atoms with E-state index in [9.17, 15) is 4.79 Å². The van der Waals surface area contributed by atoms with Gasteiger partial charge >= 0.3 is 0 Å². The van der Waals surface area contributed by atoms with Crippen molar-refractivity contribution in [3.8, 4) is 0 Å². The molecule has 1 atom stereocenters. The van der Waals surface area contributed by atoms with E-state index in [0.29, 0.717) is 6.42 Å². The lowest BCUT2D eigenvalue weighted by Gasteiger charge is -2.17. The van der Waals surface area contributed by atoms with Gasteiger partial charge in [0.1, 0.15) is 6.10 Å². The lowest BCUT2D eigenvalue weighted by molar-refractivity contribution is -0.130. The molecule has 0 saturated carbocycles. The molecule has 1 rings (SSSR count). The third kappa shape index (κ3) is 3.93. The lowest BCUT2D eigenvalue weighted by atomic mass is 9.99. The number of aromatic nitrogens is 1. The van der Waals surface area contributed by atoms with Gasteiger partial charge < -0.3 is 4.74 Å². The van der Waals surface area contributed by atoms with Gasteiger partial charge in [-0.1, -0.05) is 26.8 Å². The standard InChI is InChI=1S/C14H21NO2/c1-5-11-6-7-12(15-9-11)8-13(16)14(17-4)10(2)3/h6-7,9-10,14H,5,8H2,1-4H3. The largest absolute Gasteiger partial charge is 0.373 e. The number of carbonyl (C=O) groups excluding carboxylic acids is 1. The highest BCUT2D eigenvalue weighted by atomic mass is 16.5. The first-order valence-electron chi connectivity index (χ1n) is 6.07. The average molecular weight is 235 g/mol. The maximum absolute atomic E-state index is 12.0. The Morgan fingerprint density at radius 2 is 2.12 bits per heavy atom. The highest BCUT2D eigenvalue weighted by Gasteiger charge is 2.21. The molecule has 94 valence electrons. The normalized spacial score (nSPS) is 12.8. The molecule has 0 N–H and O–H groups in total. The van der Waals surface area contributed by atoms with Crippen molar-refractivity contribution in [2.45, 2.75) is 39.7 Å². The fourth-order valence-corrected chi connectivity index (χ4v) is 1.82. The molecule has 17 heavy (non-hydrogen) atoms. The van der Waals surface area contributed by atoms with E-state index in [1.165, 1.54) is 5.56 Å². The number of ether oxygens (including phenoxy) is 1. The van der Waals surface area contributed by atoms with Crippen LogP contribution in [0.3, 0.4) is 0 Å². The number of carbonyl (C=O) groups is 1. The summed E-state index contributed by atoms with van der Waals surface area (Å²) >= 11 is 0. The maximum atomic E-state index is 12.0. The Hall–Kier alpha value is -1.22. The molecule has 0 aliphatic rings. The quantitative estimate of drug-likeness (QED) is 0.760. The van der Waals surface area contributed by atoms with Crippen LogP contribution in [0.25, 0.3) is 0 Å². The van der Waals surface area contributed by atoms with Crippen LogP contribution in [0.1, 0.15) is 32.0 Å². The molecule has 1 heterocycles. The molecular weight excluding hydrogens is 214 g/mol. The van der Waals surface area contributed by atoms with E-state index in [2.05, 4.69) is 11.9 Å². The van der Waals surface area contributed by atoms with Gasteiger partial charge in [0, 0.05) is 19.0 Å². The Morgan fingerprint density at radius 1 is 1.41 bits per heavy atom. The molecule has 0 spiro atoms. The highest BCUT2D eigenvalue weighted by molar-refractivity contribution is 5.85. The minimum absolute atomic E-state index is 0.0965. The predicted octanol–water partition coefficient (Wildman–Crippen LogP) is 2.43. The second kappa shape index (κ2) is 6.50. The minimum atomic E-state index is -0.331. The van der Waals surface area contributed by atoms with Crippen molar-refractivity contribution in [3.63, 3.8) is 0 Å².